The van der Waals surface area contributed by atoms with Gasteiger partial charge in [0.05, 0.1) is 24.7 Å². The number of carbonyl (C=O) groups is 4. The molecule has 1 aromatic heterocycles. The van der Waals surface area contributed by atoms with Gasteiger partial charge in [0.15, 0.2) is 0 Å². The average molecular weight is 545 g/mol. The number of carbonyl (C=O) groups excluding carboxylic acids is 4. The molecule has 0 aliphatic carbocycles. The summed E-state index contributed by atoms with van der Waals surface area (Å²) >= 11 is 1.40. The number of hydrogen-bond acceptors (Lipinski definition) is 9. The topological polar surface area (TPSA) is 136 Å². The highest BCUT2D eigenvalue weighted by molar-refractivity contribution is 7.07. The van der Waals surface area contributed by atoms with Crippen molar-refractivity contribution < 1.29 is 33.4 Å². The molecule has 4 rings (SSSR count). The monoisotopic (exact) mass is 544 g/mol. The van der Waals surface area contributed by atoms with Gasteiger partial charge in [-0.15, -0.1) is 11.3 Å². The molecule has 2 N–H and O–H groups in total. The van der Waals surface area contributed by atoms with Crippen LogP contribution in [0.4, 0.5) is 0 Å². The first kappa shape index (κ1) is 27.5. The second-order valence-corrected chi connectivity index (χ2v) is 9.88. The third-order valence-corrected chi connectivity index (χ3v) is 7.34. The lowest BCUT2D eigenvalue weighted by molar-refractivity contribution is -0.164. The van der Waals surface area contributed by atoms with E-state index in [9.17, 15) is 19.2 Å². The zero-order valence-corrected chi connectivity index (χ0v) is 22.4. The van der Waals surface area contributed by atoms with Crippen LogP contribution in [0.2, 0.25) is 0 Å². The van der Waals surface area contributed by atoms with Gasteiger partial charge in [-0.25, -0.2) is 4.98 Å². The number of methoxy groups -OCH3 is 1. The molecule has 11 nitrogen and oxygen atoms in total. The largest absolute Gasteiger partial charge is 0.496 e. The Kier molecular flexibility index (Phi) is 8.95. The Morgan fingerprint density at radius 2 is 2.13 bits per heavy atom. The van der Waals surface area contributed by atoms with E-state index in [1.165, 1.54) is 23.3 Å². The van der Waals surface area contributed by atoms with Crippen LogP contribution in [0.5, 0.6) is 5.75 Å². The molecular formula is C26H32N4O7S. The lowest BCUT2D eigenvalue weighted by atomic mass is 10.0. The number of esters is 1. The van der Waals surface area contributed by atoms with E-state index >= 15 is 0 Å². The van der Waals surface area contributed by atoms with E-state index in [-0.39, 0.29) is 24.7 Å². The van der Waals surface area contributed by atoms with Gasteiger partial charge in [-0.2, -0.15) is 0 Å². The van der Waals surface area contributed by atoms with Crippen molar-refractivity contribution in [2.24, 2.45) is 0 Å². The van der Waals surface area contributed by atoms with Crippen LogP contribution in [-0.2, 0) is 30.3 Å². The molecular weight excluding hydrogens is 512 g/mol. The number of nitrogens with zero attached hydrogens (tertiary/aromatic N) is 2. The number of nitrogens with one attached hydrogen (secondary N) is 2. The summed E-state index contributed by atoms with van der Waals surface area (Å²) in [5, 5.41) is 7.51. The third kappa shape index (κ3) is 6.13. The predicted octanol–water partition coefficient (Wildman–Crippen LogP) is 1.59. The van der Waals surface area contributed by atoms with E-state index in [1.54, 1.807) is 37.6 Å². The Bertz CT molecular complexity index is 1170. The van der Waals surface area contributed by atoms with Crippen LogP contribution in [0.1, 0.15) is 47.8 Å². The van der Waals surface area contributed by atoms with Crippen molar-refractivity contribution in [2.75, 3.05) is 20.3 Å². The minimum absolute atomic E-state index is 0.000526. The Labute approximate surface area is 224 Å². The molecule has 0 spiro atoms. The van der Waals surface area contributed by atoms with Gasteiger partial charge in [-0.3, -0.25) is 19.2 Å². The van der Waals surface area contributed by atoms with Gasteiger partial charge < -0.3 is 29.7 Å². The van der Waals surface area contributed by atoms with Gasteiger partial charge in [0.25, 0.3) is 5.91 Å². The number of thiazole rings is 1. The minimum Gasteiger partial charge on any atom is -0.496 e. The number of aromatic nitrogens is 1. The summed E-state index contributed by atoms with van der Waals surface area (Å²) in [5.41, 5.74) is 3.38. The maximum absolute atomic E-state index is 13.8. The van der Waals surface area contributed by atoms with Gasteiger partial charge in [0.2, 0.25) is 18.1 Å². The summed E-state index contributed by atoms with van der Waals surface area (Å²) in [4.78, 5) is 57.8. The molecule has 12 heteroatoms. The molecule has 2 aliphatic heterocycles. The van der Waals surface area contributed by atoms with Gasteiger partial charge >= 0.3 is 5.97 Å². The molecule has 3 heterocycles. The van der Waals surface area contributed by atoms with E-state index < -0.39 is 36.3 Å². The molecule has 4 atom stereocenters. The third-order valence-electron chi connectivity index (χ3n) is 6.71. The fourth-order valence-corrected chi connectivity index (χ4v) is 5.39. The first-order valence-electron chi connectivity index (χ1n) is 12.6. The van der Waals surface area contributed by atoms with Crippen LogP contribution >= 0.6 is 11.3 Å². The number of ether oxygens (including phenoxy) is 3. The van der Waals surface area contributed by atoms with E-state index in [1.807, 2.05) is 5.38 Å². The summed E-state index contributed by atoms with van der Waals surface area (Å²) in [6.45, 7) is 4.24. The van der Waals surface area contributed by atoms with E-state index in [2.05, 4.69) is 15.6 Å². The minimum atomic E-state index is -0.934. The average Bonchev–Trinajstić information content (AvgIpc) is 3.65. The second kappa shape index (κ2) is 12.4. The van der Waals surface area contributed by atoms with Gasteiger partial charge in [-0.05, 0) is 38.8 Å². The molecule has 2 aliphatic rings. The summed E-state index contributed by atoms with van der Waals surface area (Å²) in [6, 6.07) is 2.84. The number of rotatable bonds is 10. The molecule has 2 fully saturated rings. The smallest absolute Gasteiger partial charge is 0.310 e. The zero-order valence-electron chi connectivity index (χ0n) is 21.6. The Morgan fingerprint density at radius 3 is 2.84 bits per heavy atom. The zero-order chi connectivity index (χ0) is 27.2. The van der Waals surface area contributed by atoms with Crippen molar-refractivity contribution in [3.05, 3.63) is 45.9 Å². The Morgan fingerprint density at radius 1 is 1.32 bits per heavy atom. The molecule has 0 unspecified atom stereocenters. The van der Waals surface area contributed by atoms with E-state index in [0.717, 1.165) is 0 Å². The van der Waals surface area contributed by atoms with Gasteiger partial charge in [0, 0.05) is 36.1 Å². The molecule has 0 saturated carbocycles. The van der Waals surface area contributed by atoms with Crippen LogP contribution in [-0.4, -0.2) is 78.3 Å². The van der Waals surface area contributed by atoms with Crippen molar-refractivity contribution >= 4 is 35.0 Å². The Balaban J connectivity index is 1.51. The first-order valence-corrected chi connectivity index (χ1v) is 13.5. The molecule has 2 saturated heterocycles. The maximum Gasteiger partial charge on any atom is 0.310 e. The fraction of sp³-hybridized carbons (Fsp3) is 0.500. The predicted molar refractivity (Wildman–Crippen MR) is 138 cm³/mol. The van der Waals surface area contributed by atoms with Crippen LogP contribution in [0.25, 0.3) is 0 Å². The summed E-state index contributed by atoms with van der Waals surface area (Å²) in [7, 11) is 1.53. The lowest BCUT2D eigenvalue weighted by Gasteiger charge is -2.29. The normalized spacial score (nSPS) is 21.6. The van der Waals surface area contributed by atoms with E-state index in [4.69, 9.17) is 14.2 Å². The highest BCUT2D eigenvalue weighted by Gasteiger charge is 2.42. The second-order valence-electron chi connectivity index (χ2n) is 9.17. The van der Waals surface area contributed by atoms with Crippen LogP contribution < -0.4 is 15.4 Å². The highest BCUT2D eigenvalue weighted by Crippen LogP contribution is 2.24. The van der Waals surface area contributed by atoms with Crippen LogP contribution in [0.15, 0.2) is 29.1 Å². The van der Waals surface area contributed by atoms with Gasteiger partial charge in [0.1, 0.15) is 23.9 Å². The SMILES string of the molecule is CCO[C@@H]1OC(=O)C[C@H]1NC(=O)[C@@H]1CCCN1C(=O)[C@H](Cc1cscn1)NC(=O)c1cccc(OC)c1C. The van der Waals surface area contributed by atoms with Crippen molar-refractivity contribution in [2.45, 2.75) is 63.9 Å². The molecule has 0 bridgehead atoms. The van der Waals surface area contributed by atoms with Crippen LogP contribution in [0.3, 0.4) is 0 Å². The van der Waals surface area contributed by atoms with Gasteiger partial charge in [-0.1, -0.05) is 6.07 Å². The Hall–Kier alpha value is -3.51. The highest BCUT2D eigenvalue weighted by atomic mass is 32.1. The lowest BCUT2D eigenvalue weighted by Crippen LogP contribution is -2.56. The number of hydrogen-bond donors (Lipinski definition) is 2. The molecule has 1 aromatic carbocycles. The number of benzene rings is 1. The quantitative estimate of drug-likeness (QED) is 0.431. The molecule has 204 valence electrons. The van der Waals surface area contributed by atoms with Crippen LogP contribution in [0, 0.1) is 6.92 Å². The fourth-order valence-electron chi connectivity index (χ4n) is 4.82. The molecule has 0 radical (unpaired) electrons. The summed E-state index contributed by atoms with van der Waals surface area (Å²) < 4.78 is 15.9. The maximum atomic E-state index is 13.8. The summed E-state index contributed by atoms with van der Waals surface area (Å²) in [5.74, 6) is -1.06. The standard InChI is InChI=1S/C26H32N4O7S/c1-4-36-26-19(12-22(31)37-26)29-24(33)20-8-6-10-30(20)25(34)18(11-16-13-38-14-27-16)28-23(32)17-7-5-9-21(35-3)15(17)2/h5,7,9,13-14,18-20,26H,4,6,8,10-12H2,1-3H3,(H,28,32)(H,29,33)/t18-,19+,20-,26+/m0/s1. The summed E-state index contributed by atoms with van der Waals surface area (Å²) in [6.07, 6.45) is 0.416. The number of cyclic esters (lactones) is 1. The van der Waals surface area contributed by atoms with Crippen molar-refractivity contribution in [3.8, 4) is 5.75 Å². The van der Waals surface area contributed by atoms with Crippen molar-refractivity contribution in [1.82, 2.24) is 20.5 Å². The first-order chi connectivity index (χ1) is 18.3. The van der Waals surface area contributed by atoms with Crippen molar-refractivity contribution in [1.29, 1.82) is 0 Å². The van der Waals surface area contributed by atoms with E-state index in [0.29, 0.717) is 48.6 Å². The molecule has 38 heavy (non-hydrogen) atoms. The van der Waals surface area contributed by atoms with Crippen molar-refractivity contribution in [3.63, 3.8) is 0 Å². The number of likely N-dealkylation sites (tertiary alicyclic amines) is 1. The molecule has 2 aromatic rings. The molecule has 3 amide bonds. The number of amides is 3.